The third-order valence-electron chi connectivity index (χ3n) is 2.16. The Hall–Kier alpha value is -0.980. The molecular weight excluding hydrogens is 182 g/mol. The molecule has 1 aromatic rings. The van der Waals surface area contributed by atoms with Crippen molar-refractivity contribution in [3.05, 3.63) is 29.8 Å². The lowest BCUT2D eigenvalue weighted by Crippen LogP contribution is -2.19. The van der Waals surface area contributed by atoms with Crippen molar-refractivity contribution in [2.45, 2.75) is 22.7 Å². The van der Waals surface area contributed by atoms with Gasteiger partial charge in [-0.2, -0.15) is 5.26 Å². The number of nitriles is 1. The summed E-state index contributed by atoms with van der Waals surface area (Å²) in [4.78, 5) is 1.20. The molecule has 1 aliphatic heterocycles. The number of aliphatic hydroxyl groups excluding tert-OH is 1. The first-order valence-electron chi connectivity index (χ1n) is 4.13. The first-order chi connectivity index (χ1) is 6.31. The first kappa shape index (κ1) is 8.61. The number of thioether (sulfide) groups is 1. The van der Waals surface area contributed by atoms with Crippen LogP contribution < -0.4 is 0 Å². The van der Waals surface area contributed by atoms with Crippen molar-refractivity contribution in [3.8, 4) is 6.07 Å². The molecule has 0 radical (unpaired) electrons. The van der Waals surface area contributed by atoms with Crippen LogP contribution in [-0.2, 0) is 6.42 Å². The highest BCUT2D eigenvalue weighted by Gasteiger charge is 2.27. The van der Waals surface area contributed by atoms with Crippen molar-refractivity contribution >= 4 is 11.8 Å². The van der Waals surface area contributed by atoms with Gasteiger partial charge in [-0.15, -0.1) is 11.8 Å². The van der Waals surface area contributed by atoms with Crippen molar-refractivity contribution in [2.75, 3.05) is 0 Å². The van der Waals surface area contributed by atoms with Gasteiger partial charge < -0.3 is 5.11 Å². The minimum absolute atomic E-state index is 0.0161. The van der Waals surface area contributed by atoms with Crippen molar-refractivity contribution in [3.63, 3.8) is 0 Å². The second kappa shape index (κ2) is 3.41. The van der Waals surface area contributed by atoms with Gasteiger partial charge in [-0.3, -0.25) is 0 Å². The maximum atomic E-state index is 9.35. The van der Waals surface area contributed by atoms with E-state index in [0.29, 0.717) is 0 Å². The number of rotatable bonds is 1. The average Bonchev–Trinajstić information content (AvgIpc) is 2.59. The summed E-state index contributed by atoms with van der Waals surface area (Å²) in [7, 11) is 0. The van der Waals surface area contributed by atoms with Crippen LogP contribution in [0, 0.1) is 11.3 Å². The molecule has 2 atom stereocenters. The fourth-order valence-electron chi connectivity index (χ4n) is 1.47. The Morgan fingerprint density at radius 2 is 2.31 bits per heavy atom. The van der Waals surface area contributed by atoms with Crippen LogP contribution >= 0.6 is 11.8 Å². The quantitative estimate of drug-likeness (QED) is 0.685. The second-order valence-corrected chi connectivity index (χ2v) is 4.32. The van der Waals surface area contributed by atoms with Crippen LogP contribution in [0.3, 0.4) is 0 Å². The Kier molecular flexibility index (Phi) is 2.26. The molecule has 1 heterocycles. The van der Waals surface area contributed by atoms with Crippen molar-refractivity contribution in [1.82, 2.24) is 0 Å². The highest BCUT2D eigenvalue weighted by molar-refractivity contribution is 8.00. The molecule has 3 heteroatoms. The van der Waals surface area contributed by atoms with E-state index in [-0.39, 0.29) is 5.25 Å². The summed E-state index contributed by atoms with van der Waals surface area (Å²) in [5.74, 6) is 0. The van der Waals surface area contributed by atoms with Crippen LogP contribution in [0.25, 0.3) is 0 Å². The molecule has 1 aromatic carbocycles. The molecule has 2 rings (SSSR count). The van der Waals surface area contributed by atoms with Gasteiger partial charge in [0.25, 0.3) is 0 Å². The van der Waals surface area contributed by atoms with Gasteiger partial charge in [0.1, 0.15) is 0 Å². The Morgan fingerprint density at radius 1 is 1.54 bits per heavy atom. The number of hydrogen-bond donors (Lipinski definition) is 1. The summed E-state index contributed by atoms with van der Waals surface area (Å²) in [5, 5.41) is 17.9. The molecular formula is C10H9NOS. The van der Waals surface area contributed by atoms with E-state index in [1.165, 1.54) is 10.5 Å². The zero-order valence-corrected chi connectivity index (χ0v) is 7.79. The van der Waals surface area contributed by atoms with Gasteiger partial charge in [0, 0.05) is 4.90 Å². The maximum absolute atomic E-state index is 9.35. The monoisotopic (exact) mass is 191 g/mol. The summed E-state index contributed by atoms with van der Waals surface area (Å²) in [6.07, 6.45) is -0.0485. The predicted molar refractivity (Wildman–Crippen MR) is 51.4 cm³/mol. The Bertz CT molecular complexity index is 333. The van der Waals surface area contributed by atoms with Crippen LogP contribution in [0.4, 0.5) is 0 Å². The lowest BCUT2D eigenvalue weighted by Gasteiger charge is -2.07. The van der Waals surface area contributed by atoms with Gasteiger partial charge in [-0.1, -0.05) is 18.2 Å². The molecule has 0 amide bonds. The van der Waals surface area contributed by atoms with Crippen LogP contribution in [0.5, 0.6) is 0 Å². The van der Waals surface area contributed by atoms with E-state index in [1.807, 2.05) is 30.3 Å². The summed E-state index contributed by atoms with van der Waals surface area (Å²) < 4.78 is 0. The van der Waals surface area contributed by atoms with Crippen LogP contribution in [0.15, 0.2) is 29.2 Å². The highest BCUT2D eigenvalue weighted by atomic mass is 32.2. The number of hydrogen-bond acceptors (Lipinski definition) is 3. The number of fused-ring (bicyclic) bond motifs is 1. The minimum Gasteiger partial charge on any atom is -0.377 e. The SMILES string of the molecule is N#CC(O)C1Cc2ccccc2S1. The van der Waals surface area contributed by atoms with Gasteiger partial charge in [-0.05, 0) is 18.1 Å². The summed E-state index contributed by atoms with van der Waals surface area (Å²) in [6.45, 7) is 0. The molecule has 0 aromatic heterocycles. The molecule has 0 saturated carbocycles. The first-order valence-corrected chi connectivity index (χ1v) is 5.01. The lowest BCUT2D eigenvalue weighted by molar-refractivity contribution is 0.227. The second-order valence-electron chi connectivity index (χ2n) is 3.04. The highest BCUT2D eigenvalue weighted by Crippen LogP contribution is 2.37. The molecule has 2 unspecified atom stereocenters. The topological polar surface area (TPSA) is 44.0 Å². The molecule has 0 spiro atoms. The van der Waals surface area contributed by atoms with E-state index in [0.717, 1.165) is 6.42 Å². The Balaban J connectivity index is 2.19. The van der Waals surface area contributed by atoms with Gasteiger partial charge >= 0.3 is 0 Å². The van der Waals surface area contributed by atoms with Crippen molar-refractivity contribution in [1.29, 1.82) is 5.26 Å². The fourth-order valence-corrected chi connectivity index (χ4v) is 2.71. The van der Waals surface area contributed by atoms with E-state index in [2.05, 4.69) is 0 Å². The number of nitrogens with zero attached hydrogens (tertiary/aromatic N) is 1. The smallest absolute Gasteiger partial charge is 0.152 e. The standard InChI is InChI=1S/C10H9NOS/c11-6-8(12)10-5-7-3-1-2-4-9(7)13-10/h1-4,8,10,12H,5H2. The van der Waals surface area contributed by atoms with Gasteiger partial charge in [0.05, 0.1) is 11.3 Å². The molecule has 0 saturated heterocycles. The largest absolute Gasteiger partial charge is 0.377 e. The third kappa shape index (κ3) is 1.55. The zero-order chi connectivity index (χ0) is 9.26. The summed E-state index contributed by atoms with van der Waals surface area (Å²) in [5.41, 5.74) is 1.24. The molecule has 0 bridgehead atoms. The molecule has 2 nitrogen and oxygen atoms in total. The Labute approximate surface area is 81.2 Å². The van der Waals surface area contributed by atoms with E-state index < -0.39 is 6.10 Å². The lowest BCUT2D eigenvalue weighted by atomic mass is 10.1. The molecule has 66 valence electrons. The van der Waals surface area contributed by atoms with Gasteiger partial charge in [0.15, 0.2) is 6.10 Å². The van der Waals surface area contributed by atoms with E-state index in [9.17, 15) is 5.11 Å². The predicted octanol–water partition coefficient (Wildman–Crippen LogP) is 1.59. The van der Waals surface area contributed by atoms with Crippen LogP contribution in [0.2, 0.25) is 0 Å². The molecule has 1 N–H and O–H groups in total. The zero-order valence-electron chi connectivity index (χ0n) is 6.97. The van der Waals surface area contributed by atoms with E-state index in [4.69, 9.17) is 5.26 Å². The number of aliphatic hydroxyl groups is 1. The molecule has 1 aliphatic rings. The van der Waals surface area contributed by atoms with E-state index >= 15 is 0 Å². The third-order valence-corrected chi connectivity index (χ3v) is 3.54. The number of benzene rings is 1. The Morgan fingerprint density at radius 3 is 3.00 bits per heavy atom. The molecule has 0 fully saturated rings. The van der Waals surface area contributed by atoms with E-state index in [1.54, 1.807) is 11.8 Å². The van der Waals surface area contributed by atoms with Crippen LogP contribution in [-0.4, -0.2) is 16.5 Å². The molecule has 13 heavy (non-hydrogen) atoms. The van der Waals surface area contributed by atoms with Gasteiger partial charge in [0.2, 0.25) is 0 Å². The maximum Gasteiger partial charge on any atom is 0.152 e. The van der Waals surface area contributed by atoms with Crippen molar-refractivity contribution < 1.29 is 5.11 Å². The molecule has 0 aliphatic carbocycles. The summed E-state index contributed by atoms with van der Waals surface area (Å²) in [6, 6.07) is 9.92. The van der Waals surface area contributed by atoms with Gasteiger partial charge in [-0.25, -0.2) is 0 Å². The average molecular weight is 191 g/mol. The van der Waals surface area contributed by atoms with Crippen molar-refractivity contribution in [2.24, 2.45) is 0 Å². The fraction of sp³-hybridized carbons (Fsp3) is 0.300. The normalized spacial score (nSPS) is 22.0. The minimum atomic E-state index is -0.850. The summed E-state index contributed by atoms with van der Waals surface area (Å²) >= 11 is 1.60. The van der Waals surface area contributed by atoms with Crippen LogP contribution in [0.1, 0.15) is 5.56 Å².